The van der Waals surface area contributed by atoms with Gasteiger partial charge < -0.3 is 11.1 Å². The minimum atomic E-state index is -0.675. The highest BCUT2D eigenvalue weighted by Crippen LogP contribution is 2.13. The van der Waals surface area contributed by atoms with Crippen LogP contribution in [0.1, 0.15) is 10.4 Å². The lowest BCUT2D eigenvalue weighted by molar-refractivity contribution is 0.102. The van der Waals surface area contributed by atoms with E-state index < -0.39 is 11.7 Å². The highest BCUT2D eigenvalue weighted by Gasteiger charge is 2.12. The van der Waals surface area contributed by atoms with E-state index in [1.165, 1.54) is 30.7 Å². The summed E-state index contributed by atoms with van der Waals surface area (Å²) in [6, 6.07) is 3.86. The minimum Gasteiger partial charge on any atom is -0.399 e. The first-order chi connectivity index (χ1) is 8.16. The Labute approximate surface area is 96.5 Å². The maximum absolute atomic E-state index is 13.4. The van der Waals surface area contributed by atoms with Gasteiger partial charge in [0, 0.05) is 18.1 Å². The molecule has 0 aliphatic heterocycles. The summed E-state index contributed by atoms with van der Waals surface area (Å²) in [5.41, 5.74) is 5.56. The van der Waals surface area contributed by atoms with E-state index in [-0.39, 0.29) is 17.1 Å². The predicted octanol–water partition coefficient (Wildman–Crippen LogP) is 1.45. The van der Waals surface area contributed by atoms with Crippen LogP contribution in [0.4, 0.5) is 15.9 Å². The minimum absolute atomic E-state index is 0.0927. The molecule has 0 unspecified atom stereocenters. The SMILES string of the molecule is Nc1ccc(C(=O)Nc2cnccn2)c(F)c1. The zero-order valence-corrected chi connectivity index (χ0v) is 8.72. The van der Waals surface area contributed by atoms with Crippen LogP contribution in [0.3, 0.4) is 0 Å². The van der Waals surface area contributed by atoms with Gasteiger partial charge in [-0.2, -0.15) is 0 Å². The second-order valence-electron chi connectivity index (χ2n) is 3.28. The summed E-state index contributed by atoms with van der Waals surface area (Å²) in [7, 11) is 0. The van der Waals surface area contributed by atoms with Crippen molar-refractivity contribution in [2.24, 2.45) is 0 Å². The zero-order chi connectivity index (χ0) is 12.3. The third kappa shape index (κ3) is 2.54. The van der Waals surface area contributed by atoms with Gasteiger partial charge in [0.2, 0.25) is 0 Å². The molecule has 3 N–H and O–H groups in total. The summed E-state index contributed by atoms with van der Waals surface area (Å²) < 4.78 is 13.4. The molecular weight excluding hydrogens is 223 g/mol. The number of nitrogens with one attached hydrogen (secondary N) is 1. The predicted molar refractivity (Wildman–Crippen MR) is 60.8 cm³/mol. The molecule has 0 radical (unpaired) electrons. The zero-order valence-electron chi connectivity index (χ0n) is 8.72. The number of benzene rings is 1. The van der Waals surface area contributed by atoms with Crippen molar-refractivity contribution in [2.75, 3.05) is 11.1 Å². The van der Waals surface area contributed by atoms with E-state index in [1.807, 2.05) is 0 Å². The van der Waals surface area contributed by atoms with Gasteiger partial charge in [-0.25, -0.2) is 9.37 Å². The Morgan fingerprint density at radius 2 is 2.18 bits per heavy atom. The van der Waals surface area contributed by atoms with Crippen LogP contribution in [-0.4, -0.2) is 15.9 Å². The van der Waals surface area contributed by atoms with Crippen molar-refractivity contribution in [1.29, 1.82) is 0 Å². The van der Waals surface area contributed by atoms with E-state index in [2.05, 4.69) is 15.3 Å². The standard InChI is InChI=1S/C11H9FN4O/c12-9-5-7(13)1-2-8(9)11(17)16-10-6-14-3-4-15-10/h1-6H,13H2,(H,15,16,17). The first kappa shape index (κ1) is 11.0. The van der Waals surface area contributed by atoms with E-state index in [4.69, 9.17) is 5.73 Å². The van der Waals surface area contributed by atoms with Crippen molar-refractivity contribution in [3.8, 4) is 0 Å². The maximum Gasteiger partial charge on any atom is 0.259 e. The summed E-state index contributed by atoms with van der Waals surface area (Å²) in [4.78, 5) is 19.3. The molecule has 86 valence electrons. The van der Waals surface area contributed by atoms with Gasteiger partial charge in [0.05, 0.1) is 11.8 Å². The number of carbonyl (C=O) groups is 1. The average Bonchev–Trinajstić information content (AvgIpc) is 2.30. The molecule has 0 spiro atoms. The fraction of sp³-hybridized carbons (Fsp3) is 0. The molecular formula is C11H9FN4O. The van der Waals surface area contributed by atoms with E-state index in [0.29, 0.717) is 0 Å². The molecule has 0 aliphatic carbocycles. The van der Waals surface area contributed by atoms with Crippen molar-refractivity contribution in [1.82, 2.24) is 9.97 Å². The molecule has 0 bridgehead atoms. The molecule has 2 aromatic rings. The summed E-state index contributed by atoms with van der Waals surface area (Å²) in [5, 5.41) is 2.43. The number of anilines is 2. The maximum atomic E-state index is 13.4. The number of aromatic nitrogens is 2. The van der Waals surface area contributed by atoms with Crippen molar-refractivity contribution in [2.45, 2.75) is 0 Å². The third-order valence-electron chi connectivity index (χ3n) is 2.04. The molecule has 0 aliphatic rings. The van der Waals surface area contributed by atoms with E-state index >= 15 is 0 Å². The van der Waals surface area contributed by atoms with E-state index in [0.717, 1.165) is 6.07 Å². The number of hydrogen-bond acceptors (Lipinski definition) is 4. The average molecular weight is 232 g/mol. The Bertz CT molecular complexity index is 544. The molecule has 1 aromatic carbocycles. The molecule has 1 amide bonds. The van der Waals surface area contributed by atoms with Crippen LogP contribution < -0.4 is 11.1 Å². The Morgan fingerprint density at radius 1 is 1.35 bits per heavy atom. The van der Waals surface area contributed by atoms with Crippen LogP contribution in [0.5, 0.6) is 0 Å². The molecule has 0 saturated heterocycles. The van der Waals surface area contributed by atoms with Gasteiger partial charge >= 0.3 is 0 Å². The van der Waals surface area contributed by atoms with Gasteiger partial charge in [0.25, 0.3) is 5.91 Å². The number of rotatable bonds is 2. The topological polar surface area (TPSA) is 80.9 Å². The molecule has 0 saturated carbocycles. The lowest BCUT2D eigenvalue weighted by Crippen LogP contribution is -2.14. The van der Waals surface area contributed by atoms with Crippen LogP contribution >= 0.6 is 0 Å². The number of amides is 1. The van der Waals surface area contributed by atoms with Crippen LogP contribution in [0.25, 0.3) is 0 Å². The van der Waals surface area contributed by atoms with Gasteiger partial charge in [-0.15, -0.1) is 0 Å². The number of nitrogen functional groups attached to an aromatic ring is 1. The highest BCUT2D eigenvalue weighted by molar-refractivity contribution is 6.04. The fourth-order valence-corrected chi connectivity index (χ4v) is 1.26. The number of carbonyl (C=O) groups excluding carboxylic acids is 1. The van der Waals surface area contributed by atoms with Gasteiger partial charge in [0.1, 0.15) is 5.82 Å². The lowest BCUT2D eigenvalue weighted by Gasteiger charge is -2.05. The number of nitrogens with two attached hydrogens (primary N) is 1. The number of nitrogens with zero attached hydrogens (tertiary/aromatic N) is 2. The van der Waals surface area contributed by atoms with Crippen LogP contribution in [-0.2, 0) is 0 Å². The van der Waals surface area contributed by atoms with E-state index in [1.54, 1.807) is 0 Å². The second-order valence-corrected chi connectivity index (χ2v) is 3.28. The molecule has 1 aromatic heterocycles. The van der Waals surface area contributed by atoms with Crippen molar-refractivity contribution < 1.29 is 9.18 Å². The van der Waals surface area contributed by atoms with Gasteiger partial charge in [-0.05, 0) is 18.2 Å². The molecule has 6 heteroatoms. The molecule has 0 atom stereocenters. The summed E-state index contributed by atoms with van der Waals surface area (Å²) in [5.74, 6) is -1.01. The smallest absolute Gasteiger partial charge is 0.259 e. The largest absolute Gasteiger partial charge is 0.399 e. The number of halogens is 1. The van der Waals surface area contributed by atoms with Crippen molar-refractivity contribution >= 4 is 17.4 Å². The number of hydrogen-bond donors (Lipinski definition) is 2. The van der Waals surface area contributed by atoms with Gasteiger partial charge in [-0.3, -0.25) is 9.78 Å². The fourth-order valence-electron chi connectivity index (χ4n) is 1.26. The molecule has 0 fully saturated rings. The highest BCUT2D eigenvalue weighted by atomic mass is 19.1. The normalized spacial score (nSPS) is 9.94. The van der Waals surface area contributed by atoms with Gasteiger partial charge in [-0.1, -0.05) is 0 Å². The third-order valence-corrected chi connectivity index (χ3v) is 2.04. The summed E-state index contributed by atoms with van der Waals surface area (Å²) in [6.45, 7) is 0. The molecule has 5 nitrogen and oxygen atoms in total. The summed E-state index contributed by atoms with van der Waals surface area (Å²) >= 11 is 0. The second kappa shape index (κ2) is 4.56. The monoisotopic (exact) mass is 232 g/mol. The quantitative estimate of drug-likeness (QED) is 0.768. The van der Waals surface area contributed by atoms with Crippen LogP contribution in [0.2, 0.25) is 0 Å². The summed E-state index contributed by atoms with van der Waals surface area (Å²) in [6.07, 6.45) is 4.27. The van der Waals surface area contributed by atoms with Crippen molar-refractivity contribution in [3.05, 3.63) is 48.2 Å². The molecule has 17 heavy (non-hydrogen) atoms. The first-order valence-electron chi connectivity index (χ1n) is 4.79. The van der Waals surface area contributed by atoms with Crippen LogP contribution in [0, 0.1) is 5.82 Å². The van der Waals surface area contributed by atoms with Gasteiger partial charge in [0.15, 0.2) is 5.82 Å². The van der Waals surface area contributed by atoms with Crippen molar-refractivity contribution in [3.63, 3.8) is 0 Å². The molecule has 1 heterocycles. The Kier molecular flexibility index (Phi) is 2.95. The molecule has 2 rings (SSSR count). The Balaban J connectivity index is 2.21. The van der Waals surface area contributed by atoms with E-state index in [9.17, 15) is 9.18 Å². The first-order valence-corrected chi connectivity index (χ1v) is 4.79. The Morgan fingerprint density at radius 3 is 2.82 bits per heavy atom. The Hall–Kier alpha value is -2.50. The lowest BCUT2D eigenvalue weighted by atomic mass is 10.2. The van der Waals surface area contributed by atoms with Crippen LogP contribution in [0.15, 0.2) is 36.8 Å².